The highest BCUT2D eigenvalue weighted by atomic mass is 35.5. The zero-order chi connectivity index (χ0) is 13.7. The van der Waals surface area contributed by atoms with Crippen molar-refractivity contribution in [1.29, 1.82) is 0 Å². The number of aliphatic hydroxyl groups excluding tert-OH is 1. The van der Waals surface area contributed by atoms with E-state index >= 15 is 0 Å². The Labute approximate surface area is 129 Å². The van der Waals surface area contributed by atoms with Crippen molar-refractivity contribution in [2.24, 2.45) is 0 Å². The zero-order valence-corrected chi connectivity index (χ0v) is 12.8. The first kappa shape index (κ1) is 16.4. The molecule has 0 saturated carbocycles. The van der Waals surface area contributed by atoms with E-state index in [-0.39, 0.29) is 57.3 Å². The molecule has 0 amide bonds. The lowest BCUT2D eigenvalue weighted by atomic mass is 10.3. The van der Waals surface area contributed by atoms with Gasteiger partial charge in [0.2, 0.25) is 0 Å². The maximum absolute atomic E-state index is 8.52. The van der Waals surface area contributed by atoms with Gasteiger partial charge in [-0.3, -0.25) is 0 Å². The minimum atomic E-state index is -0.0554. The highest BCUT2D eigenvalue weighted by molar-refractivity contribution is 6.55. The van der Waals surface area contributed by atoms with Crippen LogP contribution < -0.4 is 4.74 Å². The summed E-state index contributed by atoms with van der Waals surface area (Å²) in [6.07, 6.45) is 0. The molecule has 8 heteroatoms. The van der Waals surface area contributed by atoms with Gasteiger partial charge >= 0.3 is 0 Å². The summed E-state index contributed by atoms with van der Waals surface area (Å²) >= 11 is 29.5. The molecule has 0 spiro atoms. The van der Waals surface area contributed by atoms with Gasteiger partial charge in [0.15, 0.2) is 5.75 Å². The number of hydrogen-bond donors (Lipinski definition) is 1. The summed E-state index contributed by atoms with van der Waals surface area (Å²) in [7, 11) is 0. The van der Waals surface area contributed by atoms with E-state index in [1.54, 1.807) is 0 Å². The van der Waals surface area contributed by atoms with E-state index < -0.39 is 0 Å². The maximum atomic E-state index is 8.52. The van der Waals surface area contributed by atoms with Crippen LogP contribution in [0.25, 0.3) is 0 Å². The van der Waals surface area contributed by atoms with Crippen LogP contribution in [0.1, 0.15) is 0 Å². The van der Waals surface area contributed by atoms with Crippen LogP contribution in [0.4, 0.5) is 0 Å². The van der Waals surface area contributed by atoms with Crippen molar-refractivity contribution in [2.45, 2.75) is 0 Å². The molecule has 1 rings (SSSR count). The summed E-state index contributed by atoms with van der Waals surface area (Å²) in [5, 5.41) is 8.95. The van der Waals surface area contributed by atoms with Gasteiger partial charge in [0, 0.05) is 0 Å². The Morgan fingerprint density at radius 1 is 0.722 bits per heavy atom. The topological polar surface area (TPSA) is 38.7 Å². The molecule has 0 bridgehead atoms. The summed E-state index contributed by atoms with van der Waals surface area (Å²) in [6, 6.07) is 0. The number of aliphatic hydroxyl groups is 1. The monoisotopic (exact) mass is 352 g/mol. The predicted octanol–water partition coefficient (Wildman–Crippen LogP) is 4.34. The van der Waals surface area contributed by atoms with Crippen molar-refractivity contribution < 1.29 is 14.6 Å². The second kappa shape index (κ2) is 7.85. The molecule has 0 aliphatic heterocycles. The molecule has 0 aliphatic rings. The molecule has 0 aromatic heterocycles. The first-order valence-corrected chi connectivity index (χ1v) is 6.72. The predicted molar refractivity (Wildman–Crippen MR) is 74.9 cm³/mol. The standard InChI is InChI=1S/C10H9Cl5O3/c11-5-6(12)8(14)10(9(15)7(5)13)18-4-3-17-2-1-16/h16H,1-4H2. The molecule has 18 heavy (non-hydrogen) atoms. The summed E-state index contributed by atoms with van der Waals surface area (Å²) in [5.74, 6) is 0.158. The van der Waals surface area contributed by atoms with E-state index in [0.29, 0.717) is 0 Å². The molecule has 102 valence electrons. The Balaban J connectivity index is 2.77. The molecular formula is C10H9Cl5O3. The number of halogens is 5. The van der Waals surface area contributed by atoms with Crippen LogP contribution in [0.2, 0.25) is 25.1 Å². The smallest absolute Gasteiger partial charge is 0.159 e. The van der Waals surface area contributed by atoms with E-state index in [4.69, 9.17) is 72.6 Å². The molecule has 0 aliphatic carbocycles. The van der Waals surface area contributed by atoms with Crippen molar-refractivity contribution in [3.63, 3.8) is 0 Å². The van der Waals surface area contributed by atoms with Gasteiger partial charge in [0.05, 0.1) is 34.9 Å². The fourth-order valence-corrected chi connectivity index (χ4v) is 2.31. The van der Waals surface area contributed by atoms with Gasteiger partial charge in [-0.05, 0) is 0 Å². The van der Waals surface area contributed by atoms with Gasteiger partial charge in [-0.15, -0.1) is 0 Å². The Kier molecular flexibility index (Phi) is 7.17. The fraction of sp³-hybridized carbons (Fsp3) is 0.400. The molecule has 1 aromatic carbocycles. The number of ether oxygens (including phenoxy) is 2. The quantitative estimate of drug-likeness (QED) is 0.469. The Morgan fingerprint density at radius 3 is 1.72 bits per heavy atom. The molecule has 1 aromatic rings. The van der Waals surface area contributed by atoms with E-state index in [0.717, 1.165) is 0 Å². The average Bonchev–Trinajstić information content (AvgIpc) is 2.37. The highest BCUT2D eigenvalue weighted by Crippen LogP contribution is 2.48. The van der Waals surface area contributed by atoms with Crippen LogP contribution in [0.3, 0.4) is 0 Å². The van der Waals surface area contributed by atoms with Crippen LogP contribution in [0, 0.1) is 0 Å². The van der Waals surface area contributed by atoms with Crippen molar-refractivity contribution in [3.05, 3.63) is 25.1 Å². The summed E-state index contributed by atoms with van der Waals surface area (Å²) < 4.78 is 10.3. The van der Waals surface area contributed by atoms with Gasteiger partial charge in [-0.25, -0.2) is 0 Å². The third-order valence-electron chi connectivity index (χ3n) is 1.88. The number of rotatable bonds is 6. The zero-order valence-electron chi connectivity index (χ0n) is 8.98. The molecule has 3 nitrogen and oxygen atoms in total. The average molecular weight is 354 g/mol. The fourth-order valence-electron chi connectivity index (χ4n) is 1.08. The molecule has 0 unspecified atom stereocenters. The van der Waals surface area contributed by atoms with Crippen LogP contribution >= 0.6 is 58.0 Å². The van der Waals surface area contributed by atoms with Gasteiger partial charge in [-0.2, -0.15) is 0 Å². The Hall–Kier alpha value is 0.390. The third kappa shape index (κ3) is 3.94. The van der Waals surface area contributed by atoms with Crippen molar-refractivity contribution in [1.82, 2.24) is 0 Å². The summed E-state index contributed by atoms with van der Waals surface area (Å²) in [4.78, 5) is 0. The Bertz CT molecular complexity index is 395. The van der Waals surface area contributed by atoms with Crippen molar-refractivity contribution >= 4 is 58.0 Å². The second-order valence-corrected chi connectivity index (χ2v) is 4.97. The van der Waals surface area contributed by atoms with E-state index in [1.165, 1.54) is 0 Å². The molecule has 0 saturated heterocycles. The first-order valence-electron chi connectivity index (χ1n) is 4.83. The summed E-state index contributed by atoms with van der Waals surface area (Å²) in [5.41, 5.74) is 0. The van der Waals surface area contributed by atoms with Gasteiger partial charge in [0.25, 0.3) is 0 Å². The van der Waals surface area contributed by atoms with Crippen molar-refractivity contribution in [2.75, 3.05) is 26.4 Å². The van der Waals surface area contributed by atoms with Crippen LogP contribution in [0.5, 0.6) is 5.75 Å². The molecular weight excluding hydrogens is 345 g/mol. The SMILES string of the molecule is OCCOCCOc1c(Cl)c(Cl)c(Cl)c(Cl)c1Cl. The lowest BCUT2D eigenvalue weighted by molar-refractivity contribution is 0.0705. The normalized spacial score (nSPS) is 10.8. The van der Waals surface area contributed by atoms with Crippen LogP contribution in [0.15, 0.2) is 0 Å². The maximum Gasteiger partial charge on any atom is 0.159 e. The molecule has 0 heterocycles. The third-order valence-corrected chi connectivity index (χ3v) is 4.12. The molecule has 1 N–H and O–H groups in total. The van der Waals surface area contributed by atoms with Gasteiger partial charge < -0.3 is 14.6 Å². The summed E-state index contributed by atoms with van der Waals surface area (Å²) in [6.45, 7) is 0.631. The Morgan fingerprint density at radius 2 is 1.22 bits per heavy atom. The van der Waals surface area contributed by atoms with Crippen LogP contribution in [-0.2, 0) is 4.74 Å². The minimum Gasteiger partial charge on any atom is -0.488 e. The second-order valence-electron chi connectivity index (χ2n) is 3.08. The van der Waals surface area contributed by atoms with Gasteiger partial charge in [0.1, 0.15) is 16.7 Å². The van der Waals surface area contributed by atoms with Crippen LogP contribution in [-0.4, -0.2) is 31.5 Å². The number of hydrogen-bond acceptors (Lipinski definition) is 3. The van der Waals surface area contributed by atoms with Crippen molar-refractivity contribution in [3.8, 4) is 5.75 Å². The molecule has 0 atom stereocenters. The van der Waals surface area contributed by atoms with E-state index in [1.807, 2.05) is 0 Å². The lowest BCUT2D eigenvalue weighted by Crippen LogP contribution is -2.09. The lowest BCUT2D eigenvalue weighted by Gasteiger charge is -2.13. The minimum absolute atomic E-state index is 0.0554. The van der Waals surface area contributed by atoms with E-state index in [9.17, 15) is 0 Å². The first-order chi connectivity index (χ1) is 8.50. The largest absolute Gasteiger partial charge is 0.488 e. The highest BCUT2D eigenvalue weighted by Gasteiger charge is 2.20. The van der Waals surface area contributed by atoms with E-state index in [2.05, 4.69) is 0 Å². The molecule has 0 radical (unpaired) electrons. The van der Waals surface area contributed by atoms with Gasteiger partial charge in [-0.1, -0.05) is 58.0 Å². The molecule has 0 fully saturated rings. The number of benzene rings is 1.